The molecule has 1 fully saturated rings. The monoisotopic (exact) mass is 304 g/mol. The first-order chi connectivity index (χ1) is 10.6. The molecule has 2 aromatic heterocycles. The molecule has 0 bridgehead atoms. The number of aryl methyl sites for hydroxylation is 1. The Morgan fingerprint density at radius 3 is 2.77 bits per heavy atom. The van der Waals surface area contributed by atoms with E-state index in [1.54, 1.807) is 7.11 Å². The fourth-order valence-corrected chi connectivity index (χ4v) is 2.77. The van der Waals surface area contributed by atoms with E-state index in [0.29, 0.717) is 12.6 Å². The second-order valence-corrected chi connectivity index (χ2v) is 6.11. The lowest BCUT2D eigenvalue weighted by atomic mass is 10.2. The van der Waals surface area contributed by atoms with Crippen LogP contribution in [-0.4, -0.2) is 44.7 Å². The Bertz CT molecular complexity index is 651. The van der Waals surface area contributed by atoms with E-state index in [9.17, 15) is 0 Å². The lowest BCUT2D eigenvalue weighted by Crippen LogP contribution is -2.19. The van der Waals surface area contributed by atoms with Crippen molar-refractivity contribution in [3.8, 4) is 0 Å². The van der Waals surface area contributed by atoms with Gasteiger partial charge < -0.3 is 10.1 Å². The molecule has 2 unspecified atom stereocenters. The van der Waals surface area contributed by atoms with E-state index in [0.717, 1.165) is 35.1 Å². The van der Waals surface area contributed by atoms with Gasteiger partial charge in [-0.15, -0.1) is 5.10 Å². The average Bonchev–Trinajstić information content (AvgIpc) is 3.26. The first kappa shape index (κ1) is 15.1. The Balaban J connectivity index is 1.97. The molecule has 1 aliphatic rings. The first-order valence-electron chi connectivity index (χ1n) is 7.99. The van der Waals surface area contributed by atoms with Gasteiger partial charge in [0.15, 0.2) is 17.0 Å². The van der Waals surface area contributed by atoms with Crippen LogP contribution in [0.25, 0.3) is 11.2 Å². The second-order valence-electron chi connectivity index (χ2n) is 6.11. The highest BCUT2D eigenvalue weighted by atomic mass is 16.5. The van der Waals surface area contributed by atoms with Crippen LogP contribution < -0.4 is 5.32 Å². The predicted molar refractivity (Wildman–Crippen MR) is 84.9 cm³/mol. The van der Waals surface area contributed by atoms with Gasteiger partial charge >= 0.3 is 0 Å². The molecule has 0 spiro atoms. The summed E-state index contributed by atoms with van der Waals surface area (Å²) in [6.45, 7) is 6.81. The third kappa shape index (κ3) is 2.90. The summed E-state index contributed by atoms with van der Waals surface area (Å²) >= 11 is 0. The van der Waals surface area contributed by atoms with Crippen molar-refractivity contribution in [2.45, 2.75) is 52.1 Å². The largest absolute Gasteiger partial charge is 0.382 e. The van der Waals surface area contributed by atoms with Crippen molar-refractivity contribution in [2.75, 3.05) is 19.0 Å². The zero-order chi connectivity index (χ0) is 15.7. The quantitative estimate of drug-likeness (QED) is 0.846. The summed E-state index contributed by atoms with van der Waals surface area (Å²) in [6.07, 6.45) is 3.50. The van der Waals surface area contributed by atoms with Crippen molar-refractivity contribution >= 4 is 17.0 Å². The van der Waals surface area contributed by atoms with Crippen LogP contribution in [0, 0.1) is 12.8 Å². The summed E-state index contributed by atoms with van der Waals surface area (Å²) in [5.74, 6) is 2.27. The maximum atomic E-state index is 5.28. The molecule has 3 rings (SSSR count). The van der Waals surface area contributed by atoms with E-state index < -0.39 is 0 Å². The molecular weight excluding hydrogens is 280 g/mol. The van der Waals surface area contributed by atoms with Crippen LogP contribution >= 0.6 is 0 Å². The third-order valence-corrected chi connectivity index (χ3v) is 4.31. The van der Waals surface area contributed by atoms with E-state index in [-0.39, 0.29) is 6.04 Å². The number of anilines is 1. The summed E-state index contributed by atoms with van der Waals surface area (Å²) in [5, 5.41) is 12.1. The number of nitrogens with zero attached hydrogens (tertiary/aromatic N) is 5. The number of aromatic nitrogens is 5. The van der Waals surface area contributed by atoms with Gasteiger partial charge in [0.25, 0.3) is 0 Å². The van der Waals surface area contributed by atoms with Crippen LogP contribution in [-0.2, 0) is 4.74 Å². The SMILES string of the molecule is CCC(COC)n1nnc2c(NC(C)C3CC3)nc(C)nc21. The van der Waals surface area contributed by atoms with Crippen LogP contribution in [0.1, 0.15) is 45.0 Å². The number of fused-ring (bicyclic) bond motifs is 1. The van der Waals surface area contributed by atoms with Crippen LogP contribution in [0.4, 0.5) is 5.82 Å². The van der Waals surface area contributed by atoms with Crippen molar-refractivity contribution in [1.82, 2.24) is 25.0 Å². The lowest BCUT2D eigenvalue weighted by Gasteiger charge is -2.15. The van der Waals surface area contributed by atoms with Crippen molar-refractivity contribution in [3.05, 3.63) is 5.82 Å². The highest BCUT2D eigenvalue weighted by Gasteiger charge is 2.29. The summed E-state index contributed by atoms with van der Waals surface area (Å²) < 4.78 is 7.15. The number of hydrogen-bond donors (Lipinski definition) is 1. The molecule has 1 N–H and O–H groups in total. The van der Waals surface area contributed by atoms with Gasteiger partial charge in [-0.25, -0.2) is 14.6 Å². The van der Waals surface area contributed by atoms with Gasteiger partial charge in [-0.3, -0.25) is 0 Å². The minimum atomic E-state index is 0.137. The number of ether oxygens (including phenoxy) is 1. The van der Waals surface area contributed by atoms with Crippen LogP contribution in [0.5, 0.6) is 0 Å². The number of rotatable bonds is 7. The normalized spacial score (nSPS) is 17.6. The number of hydrogen-bond acceptors (Lipinski definition) is 6. The van der Waals surface area contributed by atoms with Gasteiger partial charge in [0.1, 0.15) is 5.82 Å². The van der Waals surface area contributed by atoms with Crippen molar-refractivity contribution in [1.29, 1.82) is 0 Å². The Hall–Kier alpha value is -1.76. The summed E-state index contributed by atoms with van der Waals surface area (Å²) in [7, 11) is 1.70. The minimum absolute atomic E-state index is 0.137. The third-order valence-electron chi connectivity index (χ3n) is 4.31. The molecule has 2 heterocycles. The van der Waals surface area contributed by atoms with Gasteiger partial charge in [-0.05, 0) is 39.0 Å². The average molecular weight is 304 g/mol. The highest BCUT2D eigenvalue weighted by Crippen LogP contribution is 2.34. The molecular formula is C15H24N6O. The molecule has 0 radical (unpaired) electrons. The summed E-state index contributed by atoms with van der Waals surface area (Å²) in [6, 6.07) is 0.543. The van der Waals surface area contributed by atoms with E-state index >= 15 is 0 Å². The van der Waals surface area contributed by atoms with E-state index in [4.69, 9.17) is 4.74 Å². The smallest absolute Gasteiger partial charge is 0.184 e. The van der Waals surface area contributed by atoms with Crippen LogP contribution in [0.2, 0.25) is 0 Å². The molecule has 0 amide bonds. The molecule has 1 saturated carbocycles. The van der Waals surface area contributed by atoms with Crippen molar-refractivity contribution in [2.24, 2.45) is 5.92 Å². The molecule has 0 saturated heterocycles. The van der Waals surface area contributed by atoms with Crippen molar-refractivity contribution in [3.63, 3.8) is 0 Å². The van der Waals surface area contributed by atoms with Gasteiger partial charge in [0.05, 0.1) is 12.6 Å². The molecule has 1 aliphatic carbocycles. The zero-order valence-corrected chi connectivity index (χ0v) is 13.7. The molecule has 7 nitrogen and oxygen atoms in total. The van der Waals surface area contributed by atoms with E-state index in [2.05, 4.69) is 39.4 Å². The topological polar surface area (TPSA) is 77.8 Å². The van der Waals surface area contributed by atoms with Crippen LogP contribution in [0.15, 0.2) is 0 Å². The second kappa shape index (κ2) is 6.16. The maximum absolute atomic E-state index is 5.28. The van der Waals surface area contributed by atoms with E-state index in [1.807, 2.05) is 11.6 Å². The fraction of sp³-hybridized carbons (Fsp3) is 0.733. The fourth-order valence-electron chi connectivity index (χ4n) is 2.77. The van der Waals surface area contributed by atoms with Gasteiger partial charge in [0.2, 0.25) is 0 Å². The highest BCUT2D eigenvalue weighted by molar-refractivity contribution is 5.82. The molecule has 0 aromatic carbocycles. The molecule has 120 valence electrons. The lowest BCUT2D eigenvalue weighted by molar-refractivity contribution is 0.148. The predicted octanol–water partition coefficient (Wildman–Crippen LogP) is 2.34. The Morgan fingerprint density at radius 2 is 2.14 bits per heavy atom. The van der Waals surface area contributed by atoms with E-state index in [1.165, 1.54) is 12.8 Å². The van der Waals surface area contributed by atoms with Gasteiger partial charge in [-0.2, -0.15) is 0 Å². The number of nitrogens with one attached hydrogen (secondary N) is 1. The first-order valence-corrected chi connectivity index (χ1v) is 7.99. The molecule has 22 heavy (non-hydrogen) atoms. The molecule has 2 atom stereocenters. The molecule has 7 heteroatoms. The van der Waals surface area contributed by atoms with Crippen molar-refractivity contribution < 1.29 is 4.74 Å². The number of methoxy groups -OCH3 is 1. The van der Waals surface area contributed by atoms with Gasteiger partial charge in [-0.1, -0.05) is 12.1 Å². The maximum Gasteiger partial charge on any atom is 0.184 e. The standard InChI is InChI=1S/C15H24N6O/c1-5-12(8-22-4)21-15-13(19-20-21)14(17-10(3)18-15)16-9(2)11-6-7-11/h9,11-12H,5-8H2,1-4H3,(H,16,17,18). The zero-order valence-electron chi connectivity index (χ0n) is 13.7. The summed E-state index contributed by atoms with van der Waals surface area (Å²) in [5.41, 5.74) is 1.52. The van der Waals surface area contributed by atoms with Gasteiger partial charge in [0, 0.05) is 13.2 Å². The minimum Gasteiger partial charge on any atom is -0.382 e. The Morgan fingerprint density at radius 1 is 1.36 bits per heavy atom. The molecule has 2 aromatic rings. The Kier molecular flexibility index (Phi) is 4.24. The molecule has 0 aliphatic heterocycles. The van der Waals surface area contributed by atoms with Crippen LogP contribution in [0.3, 0.4) is 0 Å². The summed E-state index contributed by atoms with van der Waals surface area (Å²) in [4.78, 5) is 9.07. The Labute approximate surface area is 130 Å².